The summed E-state index contributed by atoms with van der Waals surface area (Å²) >= 11 is 0. The van der Waals surface area contributed by atoms with Gasteiger partial charge in [0.15, 0.2) is 0 Å². The van der Waals surface area contributed by atoms with E-state index in [9.17, 15) is 9.50 Å². The molecule has 1 aliphatic rings. The SMILES string of the molecule is Cn1c2c(c3ccc(F)cc31)CC(CO)NC2. The van der Waals surface area contributed by atoms with Crippen molar-refractivity contribution in [2.24, 2.45) is 7.05 Å². The minimum absolute atomic E-state index is 0.109. The van der Waals surface area contributed by atoms with E-state index in [1.165, 1.54) is 17.3 Å². The molecule has 1 atom stereocenters. The fraction of sp³-hybridized carbons (Fsp3) is 0.385. The molecule has 90 valence electrons. The van der Waals surface area contributed by atoms with E-state index in [1.807, 2.05) is 17.7 Å². The summed E-state index contributed by atoms with van der Waals surface area (Å²) in [6.45, 7) is 0.865. The molecular weight excluding hydrogens is 219 g/mol. The molecule has 0 amide bonds. The van der Waals surface area contributed by atoms with E-state index in [0.717, 1.165) is 23.9 Å². The normalized spacial score (nSPS) is 19.6. The molecule has 0 aliphatic carbocycles. The molecule has 1 unspecified atom stereocenters. The average molecular weight is 234 g/mol. The van der Waals surface area contributed by atoms with Crippen molar-refractivity contribution in [3.63, 3.8) is 0 Å². The van der Waals surface area contributed by atoms with Gasteiger partial charge in [0.05, 0.1) is 12.1 Å². The Morgan fingerprint density at radius 2 is 2.35 bits per heavy atom. The zero-order valence-corrected chi connectivity index (χ0v) is 9.70. The molecule has 0 radical (unpaired) electrons. The summed E-state index contributed by atoms with van der Waals surface area (Å²) in [6.07, 6.45) is 0.800. The predicted molar refractivity (Wildman–Crippen MR) is 64.3 cm³/mol. The van der Waals surface area contributed by atoms with Crippen LogP contribution >= 0.6 is 0 Å². The number of nitrogens with one attached hydrogen (secondary N) is 1. The second-order valence-electron chi connectivity index (χ2n) is 4.61. The molecule has 3 nitrogen and oxygen atoms in total. The lowest BCUT2D eigenvalue weighted by molar-refractivity contribution is 0.235. The van der Waals surface area contributed by atoms with Gasteiger partial charge in [0.2, 0.25) is 0 Å². The van der Waals surface area contributed by atoms with Gasteiger partial charge < -0.3 is 15.0 Å². The number of rotatable bonds is 1. The summed E-state index contributed by atoms with van der Waals surface area (Å²) in [4.78, 5) is 0. The number of halogens is 1. The molecule has 2 N–H and O–H groups in total. The van der Waals surface area contributed by atoms with Crippen LogP contribution in [0.25, 0.3) is 10.9 Å². The Morgan fingerprint density at radius 1 is 1.53 bits per heavy atom. The van der Waals surface area contributed by atoms with Crippen LogP contribution < -0.4 is 5.32 Å². The highest BCUT2D eigenvalue weighted by Gasteiger charge is 2.23. The van der Waals surface area contributed by atoms with Crippen molar-refractivity contribution in [3.8, 4) is 0 Å². The first-order valence-corrected chi connectivity index (χ1v) is 5.80. The maximum absolute atomic E-state index is 13.3. The van der Waals surface area contributed by atoms with Crippen LogP contribution in [0.5, 0.6) is 0 Å². The summed E-state index contributed by atoms with van der Waals surface area (Å²) in [5.41, 5.74) is 3.35. The van der Waals surface area contributed by atoms with Crippen LogP contribution in [0.4, 0.5) is 4.39 Å². The van der Waals surface area contributed by atoms with Gasteiger partial charge in [-0.3, -0.25) is 0 Å². The minimum Gasteiger partial charge on any atom is -0.395 e. The smallest absolute Gasteiger partial charge is 0.125 e. The summed E-state index contributed by atoms with van der Waals surface area (Å²) < 4.78 is 15.3. The third-order valence-corrected chi connectivity index (χ3v) is 3.63. The summed E-state index contributed by atoms with van der Waals surface area (Å²) in [5.74, 6) is -0.206. The number of aliphatic hydroxyl groups excluding tert-OH is 1. The molecule has 17 heavy (non-hydrogen) atoms. The molecule has 4 heteroatoms. The lowest BCUT2D eigenvalue weighted by atomic mass is 9.99. The largest absolute Gasteiger partial charge is 0.395 e. The second kappa shape index (κ2) is 3.82. The standard InChI is InChI=1S/C13H15FN2O/c1-16-12-4-8(14)2-3-10(12)11-5-9(7-17)15-6-13(11)16/h2-4,9,15,17H,5-7H2,1H3. The molecule has 0 saturated carbocycles. The van der Waals surface area contributed by atoms with Crippen LogP contribution in [0, 0.1) is 5.82 Å². The minimum atomic E-state index is -0.206. The van der Waals surface area contributed by atoms with Crippen molar-refractivity contribution >= 4 is 10.9 Å². The van der Waals surface area contributed by atoms with Gasteiger partial charge in [-0.25, -0.2) is 4.39 Å². The molecule has 0 fully saturated rings. The van der Waals surface area contributed by atoms with Gasteiger partial charge in [0.25, 0.3) is 0 Å². The zero-order chi connectivity index (χ0) is 12.0. The van der Waals surface area contributed by atoms with E-state index in [-0.39, 0.29) is 18.5 Å². The fourth-order valence-corrected chi connectivity index (χ4v) is 2.68. The number of aryl methyl sites for hydroxylation is 1. The van der Waals surface area contributed by atoms with Crippen molar-refractivity contribution in [1.29, 1.82) is 0 Å². The molecule has 3 rings (SSSR count). The first-order valence-electron chi connectivity index (χ1n) is 5.80. The number of hydrogen-bond acceptors (Lipinski definition) is 2. The van der Waals surface area contributed by atoms with E-state index < -0.39 is 0 Å². The Bertz CT molecular complexity index is 576. The van der Waals surface area contributed by atoms with E-state index in [4.69, 9.17) is 0 Å². The van der Waals surface area contributed by atoms with Gasteiger partial charge in [0, 0.05) is 30.7 Å². The van der Waals surface area contributed by atoms with Crippen LogP contribution in [0.15, 0.2) is 18.2 Å². The summed E-state index contributed by atoms with van der Waals surface area (Å²) in [7, 11) is 1.96. The number of hydrogen-bond donors (Lipinski definition) is 2. The van der Waals surface area contributed by atoms with Crippen molar-refractivity contribution < 1.29 is 9.50 Å². The highest BCUT2D eigenvalue weighted by molar-refractivity contribution is 5.86. The summed E-state index contributed by atoms with van der Waals surface area (Å²) in [6, 6.07) is 5.02. The fourth-order valence-electron chi connectivity index (χ4n) is 2.68. The Balaban J connectivity index is 2.22. The number of aromatic nitrogens is 1. The van der Waals surface area contributed by atoms with Crippen molar-refractivity contribution in [1.82, 2.24) is 9.88 Å². The van der Waals surface area contributed by atoms with Gasteiger partial charge in [-0.15, -0.1) is 0 Å². The maximum Gasteiger partial charge on any atom is 0.125 e. The van der Waals surface area contributed by atoms with Gasteiger partial charge in [-0.1, -0.05) is 0 Å². The molecule has 1 aromatic heterocycles. The van der Waals surface area contributed by atoms with Crippen molar-refractivity contribution in [3.05, 3.63) is 35.3 Å². The monoisotopic (exact) mass is 234 g/mol. The molecule has 2 heterocycles. The van der Waals surface area contributed by atoms with E-state index in [2.05, 4.69) is 5.32 Å². The van der Waals surface area contributed by atoms with Gasteiger partial charge in [-0.05, 0) is 30.2 Å². The number of aliphatic hydroxyl groups is 1. The van der Waals surface area contributed by atoms with Crippen LogP contribution in [0.2, 0.25) is 0 Å². The second-order valence-corrected chi connectivity index (χ2v) is 4.61. The van der Waals surface area contributed by atoms with Crippen molar-refractivity contribution in [2.45, 2.75) is 19.0 Å². The van der Waals surface area contributed by atoms with E-state index in [0.29, 0.717) is 0 Å². The van der Waals surface area contributed by atoms with Gasteiger partial charge in [0.1, 0.15) is 5.82 Å². The Labute approximate surface area is 98.9 Å². The summed E-state index contributed by atoms with van der Waals surface area (Å²) in [5, 5.41) is 13.6. The van der Waals surface area contributed by atoms with E-state index in [1.54, 1.807) is 6.07 Å². The highest BCUT2D eigenvalue weighted by atomic mass is 19.1. The Kier molecular flexibility index (Phi) is 2.42. The maximum atomic E-state index is 13.3. The molecular formula is C13H15FN2O. The van der Waals surface area contributed by atoms with Crippen molar-refractivity contribution in [2.75, 3.05) is 6.61 Å². The topological polar surface area (TPSA) is 37.2 Å². The molecule has 0 bridgehead atoms. The predicted octanol–water partition coefficient (Wildman–Crippen LogP) is 1.32. The van der Waals surface area contributed by atoms with Crippen LogP contribution in [-0.2, 0) is 20.0 Å². The van der Waals surface area contributed by atoms with Crippen LogP contribution in [0.3, 0.4) is 0 Å². The quantitative estimate of drug-likeness (QED) is 0.781. The van der Waals surface area contributed by atoms with E-state index >= 15 is 0 Å². The lowest BCUT2D eigenvalue weighted by Gasteiger charge is -2.23. The van der Waals surface area contributed by atoms with Crippen LogP contribution in [0.1, 0.15) is 11.3 Å². The third kappa shape index (κ3) is 1.56. The molecule has 0 spiro atoms. The molecule has 1 aromatic carbocycles. The number of benzene rings is 1. The third-order valence-electron chi connectivity index (χ3n) is 3.63. The Hall–Kier alpha value is -1.39. The first-order chi connectivity index (χ1) is 8.20. The Morgan fingerprint density at radius 3 is 3.12 bits per heavy atom. The zero-order valence-electron chi connectivity index (χ0n) is 9.70. The number of fused-ring (bicyclic) bond motifs is 3. The van der Waals surface area contributed by atoms with Crippen LogP contribution in [-0.4, -0.2) is 22.3 Å². The molecule has 1 aliphatic heterocycles. The highest BCUT2D eigenvalue weighted by Crippen LogP contribution is 2.29. The number of nitrogens with zero attached hydrogens (tertiary/aromatic N) is 1. The average Bonchev–Trinajstić information content (AvgIpc) is 2.62. The van der Waals surface area contributed by atoms with Gasteiger partial charge in [-0.2, -0.15) is 0 Å². The first kappa shape index (κ1) is 10.7. The molecule has 0 saturated heterocycles. The van der Waals surface area contributed by atoms with Gasteiger partial charge >= 0.3 is 0 Å². The lowest BCUT2D eigenvalue weighted by Crippen LogP contribution is -2.38. The molecule has 2 aromatic rings.